The first-order valence-corrected chi connectivity index (χ1v) is 5.58. The number of hydrogen-bond donors (Lipinski definition) is 1. The van der Waals surface area contributed by atoms with Gasteiger partial charge in [0, 0.05) is 50.9 Å². The van der Waals surface area contributed by atoms with E-state index in [2.05, 4.69) is 26.4 Å². The molecule has 1 aliphatic rings. The Hall–Kier alpha value is -1.62. The molecule has 2 aromatic rings. The molecule has 0 unspecified atom stereocenters. The Bertz CT molecular complexity index is 498. The lowest BCUT2D eigenvalue weighted by molar-refractivity contribution is 0.585. The van der Waals surface area contributed by atoms with E-state index in [1.54, 1.807) is 0 Å². The van der Waals surface area contributed by atoms with Crippen LogP contribution in [0.5, 0.6) is 0 Å². The molecule has 0 bridgehead atoms. The minimum atomic E-state index is 1.02. The summed E-state index contributed by atoms with van der Waals surface area (Å²) in [6.07, 6.45) is 3.75. The van der Waals surface area contributed by atoms with E-state index >= 15 is 0 Å². The normalized spacial score (nSPS) is 16.9. The summed E-state index contributed by atoms with van der Waals surface area (Å²) in [5, 5.41) is 8.67. The van der Waals surface area contributed by atoms with Gasteiger partial charge in [0.2, 0.25) is 0 Å². The highest BCUT2D eigenvalue weighted by Gasteiger charge is 2.12. The van der Waals surface area contributed by atoms with Gasteiger partial charge in [-0.3, -0.25) is 4.68 Å². The van der Waals surface area contributed by atoms with Gasteiger partial charge in [-0.25, -0.2) is 4.98 Å². The van der Waals surface area contributed by atoms with Crippen LogP contribution < -0.4 is 10.2 Å². The molecule has 2 aromatic heterocycles. The maximum Gasteiger partial charge on any atom is 0.130 e. The first kappa shape index (κ1) is 9.59. The minimum absolute atomic E-state index is 1.02. The SMILES string of the molecule is Cn1ncc2cnc(N3CCNCC3)cc21. The molecule has 0 aliphatic carbocycles. The molecule has 1 aliphatic heterocycles. The number of aromatic nitrogens is 3. The van der Waals surface area contributed by atoms with Crippen LogP contribution >= 0.6 is 0 Å². The molecule has 1 fully saturated rings. The second-order valence-electron chi connectivity index (χ2n) is 4.11. The van der Waals surface area contributed by atoms with E-state index in [4.69, 9.17) is 0 Å². The minimum Gasteiger partial charge on any atom is -0.354 e. The molecular weight excluding hydrogens is 202 g/mol. The Kier molecular flexibility index (Phi) is 2.25. The molecule has 1 N–H and O–H groups in total. The molecule has 3 heterocycles. The van der Waals surface area contributed by atoms with Crippen molar-refractivity contribution in [3.05, 3.63) is 18.5 Å². The first-order chi connectivity index (χ1) is 7.84. The van der Waals surface area contributed by atoms with Crippen molar-refractivity contribution < 1.29 is 0 Å². The first-order valence-electron chi connectivity index (χ1n) is 5.58. The van der Waals surface area contributed by atoms with Gasteiger partial charge in [-0.15, -0.1) is 0 Å². The third kappa shape index (κ3) is 1.53. The van der Waals surface area contributed by atoms with E-state index in [9.17, 15) is 0 Å². The molecular formula is C11H15N5. The highest BCUT2D eigenvalue weighted by Crippen LogP contribution is 2.18. The van der Waals surface area contributed by atoms with Crippen molar-refractivity contribution in [1.29, 1.82) is 0 Å². The molecule has 0 radical (unpaired) electrons. The third-order valence-electron chi connectivity index (χ3n) is 3.06. The van der Waals surface area contributed by atoms with E-state index in [0.29, 0.717) is 0 Å². The van der Waals surface area contributed by atoms with Crippen LogP contribution in [0.3, 0.4) is 0 Å². The van der Waals surface area contributed by atoms with Crippen molar-refractivity contribution in [1.82, 2.24) is 20.1 Å². The monoisotopic (exact) mass is 217 g/mol. The number of nitrogens with one attached hydrogen (secondary N) is 1. The van der Waals surface area contributed by atoms with E-state index in [-0.39, 0.29) is 0 Å². The quantitative estimate of drug-likeness (QED) is 0.750. The summed E-state index contributed by atoms with van der Waals surface area (Å²) in [4.78, 5) is 6.80. The van der Waals surface area contributed by atoms with Crippen LogP contribution in [0.25, 0.3) is 10.9 Å². The topological polar surface area (TPSA) is 46.0 Å². The summed E-state index contributed by atoms with van der Waals surface area (Å²) in [5.41, 5.74) is 1.14. The van der Waals surface area contributed by atoms with Crippen LogP contribution in [-0.2, 0) is 7.05 Å². The number of piperazine rings is 1. The smallest absolute Gasteiger partial charge is 0.130 e. The molecule has 16 heavy (non-hydrogen) atoms. The molecule has 5 heteroatoms. The van der Waals surface area contributed by atoms with E-state index < -0.39 is 0 Å². The molecule has 5 nitrogen and oxygen atoms in total. The summed E-state index contributed by atoms with van der Waals surface area (Å²) < 4.78 is 1.89. The van der Waals surface area contributed by atoms with Crippen LogP contribution in [0.1, 0.15) is 0 Å². The Morgan fingerprint density at radius 2 is 2.06 bits per heavy atom. The van der Waals surface area contributed by atoms with Gasteiger partial charge in [-0.2, -0.15) is 5.10 Å². The maximum atomic E-state index is 4.49. The number of nitrogens with zero attached hydrogens (tertiary/aromatic N) is 4. The second kappa shape index (κ2) is 3.75. The van der Waals surface area contributed by atoms with Crippen molar-refractivity contribution in [2.24, 2.45) is 7.05 Å². The van der Waals surface area contributed by atoms with Gasteiger partial charge in [0.15, 0.2) is 0 Å². The molecule has 0 aromatic carbocycles. The van der Waals surface area contributed by atoms with Gasteiger partial charge >= 0.3 is 0 Å². The summed E-state index contributed by atoms with van der Waals surface area (Å²) in [7, 11) is 1.96. The second-order valence-corrected chi connectivity index (χ2v) is 4.11. The van der Waals surface area contributed by atoms with Crippen LogP contribution in [0.2, 0.25) is 0 Å². The van der Waals surface area contributed by atoms with Gasteiger partial charge in [0.1, 0.15) is 5.82 Å². The number of anilines is 1. The maximum absolute atomic E-state index is 4.49. The van der Waals surface area contributed by atoms with E-state index in [0.717, 1.165) is 42.9 Å². The molecule has 1 saturated heterocycles. The number of fused-ring (bicyclic) bond motifs is 1. The largest absolute Gasteiger partial charge is 0.354 e. The summed E-state index contributed by atoms with van der Waals surface area (Å²) in [5.74, 6) is 1.05. The number of rotatable bonds is 1. The van der Waals surface area contributed by atoms with Gasteiger partial charge in [0.05, 0.1) is 11.7 Å². The predicted molar refractivity (Wildman–Crippen MR) is 63.6 cm³/mol. The lowest BCUT2D eigenvalue weighted by Gasteiger charge is -2.28. The van der Waals surface area contributed by atoms with Gasteiger partial charge in [-0.1, -0.05) is 0 Å². The zero-order chi connectivity index (χ0) is 11.0. The lowest BCUT2D eigenvalue weighted by atomic mass is 10.3. The predicted octanol–water partition coefficient (Wildman–Crippen LogP) is 0.378. The molecule has 0 atom stereocenters. The van der Waals surface area contributed by atoms with Crippen molar-refractivity contribution in [3.8, 4) is 0 Å². The van der Waals surface area contributed by atoms with Crippen molar-refractivity contribution in [3.63, 3.8) is 0 Å². The van der Waals surface area contributed by atoms with E-state index in [1.807, 2.05) is 24.1 Å². The van der Waals surface area contributed by atoms with Crippen molar-refractivity contribution in [2.45, 2.75) is 0 Å². The van der Waals surface area contributed by atoms with Gasteiger partial charge in [-0.05, 0) is 0 Å². The van der Waals surface area contributed by atoms with Crippen molar-refractivity contribution in [2.75, 3.05) is 31.1 Å². The molecule has 84 valence electrons. The third-order valence-corrected chi connectivity index (χ3v) is 3.06. The zero-order valence-corrected chi connectivity index (χ0v) is 9.35. The zero-order valence-electron chi connectivity index (χ0n) is 9.35. The Morgan fingerprint density at radius 1 is 1.25 bits per heavy atom. The van der Waals surface area contributed by atoms with Crippen LogP contribution in [0.15, 0.2) is 18.5 Å². The molecule has 0 spiro atoms. The Balaban J connectivity index is 1.99. The fraction of sp³-hybridized carbons (Fsp3) is 0.455. The van der Waals surface area contributed by atoms with Crippen LogP contribution in [0, 0.1) is 0 Å². The lowest BCUT2D eigenvalue weighted by Crippen LogP contribution is -2.43. The fourth-order valence-corrected chi connectivity index (χ4v) is 2.10. The van der Waals surface area contributed by atoms with E-state index in [1.165, 1.54) is 0 Å². The average molecular weight is 217 g/mol. The fourth-order valence-electron chi connectivity index (χ4n) is 2.10. The van der Waals surface area contributed by atoms with Crippen molar-refractivity contribution >= 4 is 16.7 Å². The van der Waals surface area contributed by atoms with Gasteiger partial charge in [0.25, 0.3) is 0 Å². The number of hydrogen-bond acceptors (Lipinski definition) is 4. The highest BCUT2D eigenvalue weighted by molar-refractivity contribution is 5.80. The number of aryl methyl sites for hydroxylation is 1. The number of pyridine rings is 1. The highest BCUT2D eigenvalue weighted by atomic mass is 15.3. The Labute approximate surface area is 94.1 Å². The molecule has 0 amide bonds. The molecule has 0 saturated carbocycles. The van der Waals surface area contributed by atoms with Crippen LogP contribution in [0.4, 0.5) is 5.82 Å². The average Bonchev–Trinajstić information content (AvgIpc) is 2.72. The molecule has 3 rings (SSSR count). The standard InChI is InChI=1S/C11H15N5/c1-15-10-6-11(13-7-9(10)8-14-15)16-4-2-12-3-5-16/h6-8,12H,2-5H2,1H3. The Morgan fingerprint density at radius 3 is 2.88 bits per heavy atom. The van der Waals surface area contributed by atoms with Gasteiger partial charge < -0.3 is 10.2 Å². The summed E-state index contributed by atoms with van der Waals surface area (Å²) in [6, 6.07) is 2.12. The summed E-state index contributed by atoms with van der Waals surface area (Å²) >= 11 is 0. The summed E-state index contributed by atoms with van der Waals surface area (Å²) in [6.45, 7) is 4.11. The van der Waals surface area contributed by atoms with Crippen LogP contribution in [-0.4, -0.2) is 40.9 Å².